The molecule has 1 N–H and O–H groups in total. The standard InChI is InChI=1S/C22H22FN5O3S.ClH/c1-2-18-25-19(31-26-18)12-27-16-11-17(14-5-3-4-6-15(14)23)32-20(16)21(29)28(22(27)30)13-7-9-24-10-8-13;/h3-6,11,13,24H,2,7-10,12H2,1H3;1H. The molecule has 0 bridgehead atoms. The highest BCUT2D eigenvalue weighted by atomic mass is 35.5. The Hall–Kier alpha value is -2.82. The Kier molecular flexibility index (Phi) is 6.78. The molecule has 1 aromatic carbocycles. The number of hydrogen-bond donors (Lipinski definition) is 1. The minimum Gasteiger partial charge on any atom is -0.337 e. The lowest BCUT2D eigenvalue weighted by atomic mass is 10.1. The lowest BCUT2D eigenvalue weighted by molar-refractivity contribution is 0.338. The fourth-order valence-electron chi connectivity index (χ4n) is 4.13. The predicted molar refractivity (Wildman–Crippen MR) is 127 cm³/mol. The summed E-state index contributed by atoms with van der Waals surface area (Å²) in [5, 5.41) is 7.17. The first-order chi connectivity index (χ1) is 15.6. The van der Waals surface area contributed by atoms with Gasteiger partial charge in [0.05, 0.1) is 5.52 Å². The molecular weight excluding hydrogens is 469 g/mol. The first-order valence-electron chi connectivity index (χ1n) is 10.6. The van der Waals surface area contributed by atoms with Crippen LogP contribution < -0.4 is 16.6 Å². The Morgan fingerprint density at radius 1 is 1.24 bits per heavy atom. The van der Waals surface area contributed by atoms with E-state index in [-0.39, 0.29) is 36.4 Å². The molecule has 33 heavy (non-hydrogen) atoms. The maximum atomic E-state index is 14.5. The van der Waals surface area contributed by atoms with Crippen LogP contribution in [-0.2, 0) is 13.0 Å². The van der Waals surface area contributed by atoms with E-state index in [1.165, 1.54) is 26.5 Å². The highest BCUT2D eigenvalue weighted by molar-refractivity contribution is 7.22. The van der Waals surface area contributed by atoms with Gasteiger partial charge in [-0.25, -0.2) is 9.18 Å². The molecule has 0 aliphatic carbocycles. The van der Waals surface area contributed by atoms with Crippen LogP contribution in [-0.4, -0.2) is 32.4 Å². The normalized spacial score (nSPS) is 14.5. The van der Waals surface area contributed by atoms with Crippen LogP contribution in [0.15, 0.2) is 44.4 Å². The Labute approximate surface area is 198 Å². The smallest absolute Gasteiger partial charge is 0.332 e. The first-order valence-corrected chi connectivity index (χ1v) is 11.4. The topological polar surface area (TPSA) is 95.0 Å². The molecule has 1 aliphatic rings. The Morgan fingerprint density at radius 2 is 2.00 bits per heavy atom. The van der Waals surface area contributed by atoms with E-state index in [9.17, 15) is 14.0 Å². The zero-order chi connectivity index (χ0) is 22.2. The highest BCUT2D eigenvalue weighted by Gasteiger charge is 2.25. The monoisotopic (exact) mass is 491 g/mol. The maximum absolute atomic E-state index is 14.5. The van der Waals surface area contributed by atoms with Gasteiger partial charge in [-0.1, -0.05) is 30.3 Å². The highest BCUT2D eigenvalue weighted by Crippen LogP contribution is 2.33. The number of hydrogen-bond acceptors (Lipinski definition) is 7. The van der Waals surface area contributed by atoms with Gasteiger partial charge >= 0.3 is 5.69 Å². The van der Waals surface area contributed by atoms with E-state index in [0.29, 0.717) is 51.6 Å². The van der Waals surface area contributed by atoms with Crippen molar-refractivity contribution in [1.82, 2.24) is 24.6 Å². The summed E-state index contributed by atoms with van der Waals surface area (Å²) in [6.45, 7) is 3.43. The average Bonchev–Trinajstić information content (AvgIpc) is 3.45. The lowest BCUT2D eigenvalue weighted by Gasteiger charge is -2.24. The summed E-state index contributed by atoms with van der Waals surface area (Å²) in [6, 6.07) is 7.91. The summed E-state index contributed by atoms with van der Waals surface area (Å²) in [6.07, 6.45) is 1.98. The van der Waals surface area contributed by atoms with E-state index in [0.717, 1.165) is 13.1 Å². The number of thiophene rings is 1. The summed E-state index contributed by atoms with van der Waals surface area (Å²) in [7, 11) is 0. The molecule has 4 aromatic rings. The fraction of sp³-hybridized carbons (Fsp3) is 0.364. The molecule has 1 fully saturated rings. The van der Waals surface area contributed by atoms with E-state index in [1.807, 2.05) is 6.92 Å². The van der Waals surface area contributed by atoms with Gasteiger partial charge in [-0.05, 0) is 38.1 Å². The number of fused-ring (bicyclic) bond motifs is 1. The third-order valence-electron chi connectivity index (χ3n) is 5.79. The van der Waals surface area contributed by atoms with Gasteiger partial charge in [0.2, 0.25) is 5.89 Å². The van der Waals surface area contributed by atoms with Gasteiger partial charge < -0.3 is 9.84 Å². The van der Waals surface area contributed by atoms with Crippen LogP contribution in [0.5, 0.6) is 0 Å². The number of nitrogens with zero attached hydrogens (tertiary/aromatic N) is 4. The molecule has 4 heterocycles. The van der Waals surface area contributed by atoms with Gasteiger partial charge in [0.1, 0.15) is 17.1 Å². The Bertz CT molecular complexity index is 1400. The molecule has 0 unspecified atom stereocenters. The van der Waals surface area contributed by atoms with E-state index in [1.54, 1.807) is 24.3 Å². The van der Waals surface area contributed by atoms with Crippen molar-refractivity contribution in [2.75, 3.05) is 13.1 Å². The molecule has 0 spiro atoms. The van der Waals surface area contributed by atoms with Crippen LogP contribution in [0.3, 0.4) is 0 Å². The molecule has 3 aromatic heterocycles. The number of aryl methyl sites for hydroxylation is 1. The second-order valence-corrected chi connectivity index (χ2v) is 8.84. The summed E-state index contributed by atoms with van der Waals surface area (Å²) >= 11 is 1.20. The molecule has 5 rings (SSSR count). The van der Waals surface area contributed by atoms with Crippen molar-refractivity contribution >= 4 is 34.0 Å². The molecule has 174 valence electrons. The van der Waals surface area contributed by atoms with Crippen LogP contribution in [0.4, 0.5) is 4.39 Å². The van der Waals surface area contributed by atoms with E-state index < -0.39 is 5.69 Å². The quantitative estimate of drug-likeness (QED) is 0.460. The van der Waals surface area contributed by atoms with Gasteiger partial charge in [-0.15, -0.1) is 23.7 Å². The zero-order valence-electron chi connectivity index (χ0n) is 17.9. The Morgan fingerprint density at radius 3 is 2.70 bits per heavy atom. The summed E-state index contributed by atoms with van der Waals surface area (Å²) < 4.78 is 23.0. The third kappa shape index (κ3) is 4.25. The molecular formula is C22H23ClFN5O3S. The molecule has 0 saturated carbocycles. The number of halogens is 2. The van der Waals surface area contributed by atoms with Gasteiger partial charge in [-0.2, -0.15) is 4.98 Å². The van der Waals surface area contributed by atoms with E-state index >= 15 is 0 Å². The fourth-order valence-corrected chi connectivity index (χ4v) is 5.26. The summed E-state index contributed by atoms with van der Waals surface area (Å²) in [4.78, 5) is 31.9. The van der Waals surface area contributed by atoms with Crippen LogP contribution in [0.1, 0.15) is 37.5 Å². The second-order valence-electron chi connectivity index (χ2n) is 7.79. The van der Waals surface area contributed by atoms with Crippen molar-refractivity contribution in [2.45, 2.75) is 38.8 Å². The van der Waals surface area contributed by atoms with Crippen molar-refractivity contribution in [3.05, 3.63) is 68.7 Å². The van der Waals surface area contributed by atoms with Crippen LogP contribution in [0, 0.1) is 5.82 Å². The van der Waals surface area contributed by atoms with E-state index in [4.69, 9.17) is 4.52 Å². The average molecular weight is 492 g/mol. The van der Waals surface area contributed by atoms with Gasteiger partial charge in [0, 0.05) is 22.9 Å². The SMILES string of the molecule is CCc1noc(Cn2c(=O)n(C3CCNCC3)c(=O)c3sc(-c4ccccc4F)cc32)n1.Cl. The molecule has 1 aliphatic heterocycles. The van der Waals surface area contributed by atoms with Crippen molar-refractivity contribution in [1.29, 1.82) is 0 Å². The minimum absolute atomic E-state index is 0. The molecule has 8 nitrogen and oxygen atoms in total. The zero-order valence-corrected chi connectivity index (χ0v) is 19.5. The minimum atomic E-state index is -0.413. The van der Waals surface area contributed by atoms with Crippen molar-refractivity contribution in [2.24, 2.45) is 0 Å². The largest absolute Gasteiger partial charge is 0.337 e. The predicted octanol–water partition coefficient (Wildman–Crippen LogP) is 3.37. The second kappa shape index (κ2) is 9.58. The van der Waals surface area contributed by atoms with Crippen molar-refractivity contribution < 1.29 is 8.91 Å². The molecule has 0 atom stereocenters. The van der Waals surface area contributed by atoms with Crippen molar-refractivity contribution in [3.63, 3.8) is 0 Å². The molecule has 1 saturated heterocycles. The van der Waals surface area contributed by atoms with Crippen molar-refractivity contribution in [3.8, 4) is 10.4 Å². The van der Waals surface area contributed by atoms with Crippen LogP contribution in [0.25, 0.3) is 20.7 Å². The molecule has 0 amide bonds. The van der Waals surface area contributed by atoms with Gasteiger partial charge in [-0.3, -0.25) is 13.9 Å². The summed E-state index contributed by atoms with van der Waals surface area (Å²) in [5.74, 6) is 0.462. The number of rotatable bonds is 5. The third-order valence-corrected chi connectivity index (χ3v) is 6.93. The number of aromatic nitrogens is 4. The van der Waals surface area contributed by atoms with Gasteiger partial charge in [0.15, 0.2) is 5.82 Å². The molecule has 11 heteroatoms. The Balaban J connectivity index is 0.00000259. The number of piperidine rings is 1. The van der Waals surface area contributed by atoms with Crippen LogP contribution in [0.2, 0.25) is 0 Å². The lowest BCUT2D eigenvalue weighted by Crippen LogP contribution is -2.45. The maximum Gasteiger partial charge on any atom is 0.332 e. The van der Waals surface area contributed by atoms with Crippen LogP contribution >= 0.6 is 23.7 Å². The van der Waals surface area contributed by atoms with Gasteiger partial charge in [0.25, 0.3) is 5.56 Å². The van der Waals surface area contributed by atoms with E-state index in [2.05, 4.69) is 15.5 Å². The number of benzene rings is 1. The number of nitrogens with one attached hydrogen (secondary N) is 1. The summed E-state index contributed by atoms with van der Waals surface area (Å²) in [5.41, 5.74) is 0.0975. The molecule has 0 radical (unpaired) electrons. The first kappa shape index (κ1) is 23.3.